The fourth-order valence-corrected chi connectivity index (χ4v) is 2.87. The number of carboxylic acids is 1. The standard InChI is InChI=1S/C14H21N3O5/c1-14(2)12(21)17(13(22)15-14)8-4-6-10(18)16-7-3-5-9(16)11(19)20/h9H,3-8H2,1-2H3,(H,15,22)(H,19,20). The van der Waals surface area contributed by atoms with E-state index in [1.807, 2.05) is 0 Å². The van der Waals surface area contributed by atoms with Crippen molar-refractivity contribution in [2.45, 2.75) is 51.1 Å². The molecule has 0 saturated carbocycles. The lowest BCUT2D eigenvalue weighted by Crippen LogP contribution is -2.41. The highest BCUT2D eigenvalue weighted by Crippen LogP contribution is 2.20. The normalized spacial score (nSPS) is 23.8. The first-order valence-corrected chi connectivity index (χ1v) is 7.40. The smallest absolute Gasteiger partial charge is 0.326 e. The SMILES string of the molecule is CC1(C)NC(=O)N(CCCC(=O)N2CCCC2C(=O)O)C1=O. The lowest BCUT2D eigenvalue weighted by Gasteiger charge is -2.22. The van der Waals surface area contributed by atoms with Crippen molar-refractivity contribution in [3.05, 3.63) is 0 Å². The van der Waals surface area contributed by atoms with Gasteiger partial charge in [0.15, 0.2) is 0 Å². The van der Waals surface area contributed by atoms with Crippen LogP contribution in [0, 0.1) is 0 Å². The van der Waals surface area contributed by atoms with Crippen LogP contribution in [0.2, 0.25) is 0 Å². The van der Waals surface area contributed by atoms with Gasteiger partial charge in [-0.3, -0.25) is 14.5 Å². The minimum Gasteiger partial charge on any atom is -0.480 e. The van der Waals surface area contributed by atoms with Crippen molar-refractivity contribution in [3.63, 3.8) is 0 Å². The maximum Gasteiger partial charge on any atom is 0.326 e. The molecule has 2 rings (SSSR count). The molecule has 2 aliphatic rings. The Morgan fingerprint density at radius 2 is 2.05 bits per heavy atom. The highest BCUT2D eigenvalue weighted by Gasteiger charge is 2.44. The minimum atomic E-state index is -0.985. The molecule has 0 aromatic carbocycles. The van der Waals surface area contributed by atoms with Crippen molar-refractivity contribution in [3.8, 4) is 0 Å². The second-order valence-electron chi connectivity index (χ2n) is 6.20. The van der Waals surface area contributed by atoms with Gasteiger partial charge < -0.3 is 15.3 Å². The van der Waals surface area contributed by atoms with E-state index in [2.05, 4.69) is 5.32 Å². The fraction of sp³-hybridized carbons (Fsp3) is 0.714. The maximum atomic E-state index is 12.1. The summed E-state index contributed by atoms with van der Waals surface area (Å²) >= 11 is 0. The molecule has 8 heteroatoms. The molecule has 0 radical (unpaired) electrons. The fourth-order valence-electron chi connectivity index (χ4n) is 2.87. The number of carboxylic acid groups (broad SMARTS) is 1. The number of hydrogen-bond acceptors (Lipinski definition) is 4. The zero-order valence-electron chi connectivity index (χ0n) is 12.8. The van der Waals surface area contributed by atoms with Gasteiger partial charge in [-0.25, -0.2) is 9.59 Å². The summed E-state index contributed by atoms with van der Waals surface area (Å²) in [6.45, 7) is 3.86. The quantitative estimate of drug-likeness (QED) is 0.704. The minimum absolute atomic E-state index is 0.126. The van der Waals surface area contributed by atoms with Gasteiger partial charge in [-0.1, -0.05) is 0 Å². The number of nitrogens with one attached hydrogen (secondary N) is 1. The molecule has 0 bridgehead atoms. The third-order valence-corrected chi connectivity index (χ3v) is 4.07. The summed E-state index contributed by atoms with van der Waals surface area (Å²) in [5.41, 5.74) is -0.912. The van der Waals surface area contributed by atoms with Crippen molar-refractivity contribution < 1.29 is 24.3 Å². The van der Waals surface area contributed by atoms with E-state index in [-0.39, 0.29) is 24.8 Å². The molecular weight excluding hydrogens is 290 g/mol. The summed E-state index contributed by atoms with van der Waals surface area (Å²) in [5.74, 6) is -1.53. The molecule has 22 heavy (non-hydrogen) atoms. The maximum absolute atomic E-state index is 12.1. The van der Waals surface area contributed by atoms with E-state index >= 15 is 0 Å². The van der Waals surface area contributed by atoms with Gasteiger partial charge in [0.2, 0.25) is 5.91 Å². The first-order valence-electron chi connectivity index (χ1n) is 7.40. The molecule has 2 aliphatic heterocycles. The van der Waals surface area contributed by atoms with Crippen LogP contribution in [0.3, 0.4) is 0 Å². The number of carbonyl (C=O) groups is 4. The van der Waals surface area contributed by atoms with Gasteiger partial charge in [-0.05, 0) is 33.1 Å². The molecule has 4 amide bonds. The van der Waals surface area contributed by atoms with Crippen LogP contribution in [-0.4, -0.2) is 63.4 Å². The first kappa shape index (κ1) is 16.3. The van der Waals surface area contributed by atoms with Crippen LogP contribution < -0.4 is 5.32 Å². The number of carbonyl (C=O) groups excluding carboxylic acids is 3. The summed E-state index contributed by atoms with van der Waals surface area (Å²) in [7, 11) is 0. The Balaban J connectivity index is 1.84. The molecule has 0 aromatic rings. The number of amides is 4. The highest BCUT2D eigenvalue weighted by atomic mass is 16.4. The van der Waals surface area contributed by atoms with E-state index in [4.69, 9.17) is 5.11 Å². The lowest BCUT2D eigenvalue weighted by atomic mass is 10.1. The van der Waals surface area contributed by atoms with Crippen molar-refractivity contribution in [1.29, 1.82) is 0 Å². The van der Waals surface area contributed by atoms with E-state index in [9.17, 15) is 19.2 Å². The molecule has 2 heterocycles. The Morgan fingerprint density at radius 3 is 2.59 bits per heavy atom. The number of imide groups is 1. The molecule has 122 valence electrons. The lowest BCUT2D eigenvalue weighted by molar-refractivity contribution is -0.148. The van der Waals surface area contributed by atoms with Crippen molar-refractivity contribution >= 4 is 23.8 Å². The molecule has 0 aliphatic carbocycles. The first-order chi connectivity index (χ1) is 10.2. The summed E-state index contributed by atoms with van der Waals surface area (Å²) in [6, 6.07) is -1.20. The molecule has 2 fully saturated rings. The van der Waals surface area contributed by atoms with Crippen LogP contribution in [-0.2, 0) is 14.4 Å². The van der Waals surface area contributed by atoms with Gasteiger partial charge in [-0.2, -0.15) is 0 Å². The Labute approximate surface area is 128 Å². The average Bonchev–Trinajstić information content (AvgIpc) is 2.97. The van der Waals surface area contributed by atoms with Gasteiger partial charge in [0.25, 0.3) is 5.91 Å². The van der Waals surface area contributed by atoms with Gasteiger partial charge in [0.05, 0.1) is 0 Å². The second-order valence-corrected chi connectivity index (χ2v) is 6.20. The van der Waals surface area contributed by atoms with E-state index in [0.717, 1.165) is 4.90 Å². The van der Waals surface area contributed by atoms with Crippen LogP contribution in [0.25, 0.3) is 0 Å². The number of hydrogen-bond donors (Lipinski definition) is 2. The Kier molecular flexibility index (Phi) is 4.39. The van der Waals surface area contributed by atoms with E-state index < -0.39 is 23.6 Å². The summed E-state index contributed by atoms with van der Waals surface area (Å²) in [6.07, 6.45) is 1.62. The monoisotopic (exact) mass is 311 g/mol. The molecule has 8 nitrogen and oxygen atoms in total. The third-order valence-electron chi connectivity index (χ3n) is 4.07. The molecular formula is C14H21N3O5. The number of aliphatic carboxylic acids is 1. The topological polar surface area (TPSA) is 107 Å². The number of urea groups is 1. The molecule has 2 N–H and O–H groups in total. The van der Waals surface area contributed by atoms with Crippen molar-refractivity contribution in [2.24, 2.45) is 0 Å². The van der Waals surface area contributed by atoms with Crippen molar-refractivity contribution in [1.82, 2.24) is 15.1 Å². The number of nitrogens with zero attached hydrogens (tertiary/aromatic N) is 2. The zero-order valence-corrected chi connectivity index (χ0v) is 12.8. The summed E-state index contributed by atoms with van der Waals surface area (Å²) in [5, 5.41) is 11.6. The zero-order chi connectivity index (χ0) is 16.5. The second kappa shape index (κ2) is 5.94. The van der Waals surface area contributed by atoms with Crippen LogP contribution in [0.15, 0.2) is 0 Å². The van der Waals surface area contributed by atoms with Crippen LogP contribution in [0.5, 0.6) is 0 Å². The molecule has 1 atom stereocenters. The molecule has 0 spiro atoms. The number of rotatable bonds is 5. The average molecular weight is 311 g/mol. The van der Waals surface area contributed by atoms with Gasteiger partial charge in [0, 0.05) is 19.5 Å². The van der Waals surface area contributed by atoms with Crippen LogP contribution in [0.4, 0.5) is 4.79 Å². The summed E-state index contributed by atoms with van der Waals surface area (Å²) in [4.78, 5) is 49.3. The Bertz CT molecular complexity index is 517. The number of likely N-dealkylation sites (tertiary alicyclic amines) is 1. The van der Waals surface area contributed by atoms with Crippen LogP contribution >= 0.6 is 0 Å². The highest BCUT2D eigenvalue weighted by molar-refractivity contribution is 6.06. The van der Waals surface area contributed by atoms with E-state index in [0.29, 0.717) is 25.8 Å². The van der Waals surface area contributed by atoms with Gasteiger partial charge in [-0.15, -0.1) is 0 Å². The predicted octanol–water partition coefficient (Wildman–Crippen LogP) is 0.173. The molecule has 2 saturated heterocycles. The predicted molar refractivity (Wildman–Crippen MR) is 75.9 cm³/mol. The van der Waals surface area contributed by atoms with Gasteiger partial charge in [0.1, 0.15) is 11.6 Å². The van der Waals surface area contributed by atoms with Gasteiger partial charge >= 0.3 is 12.0 Å². The van der Waals surface area contributed by atoms with E-state index in [1.54, 1.807) is 13.8 Å². The Hall–Kier alpha value is -2.12. The largest absolute Gasteiger partial charge is 0.480 e. The Morgan fingerprint density at radius 1 is 1.36 bits per heavy atom. The van der Waals surface area contributed by atoms with Crippen LogP contribution in [0.1, 0.15) is 39.5 Å². The molecule has 0 aromatic heterocycles. The summed E-state index contributed by atoms with van der Waals surface area (Å²) < 4.78 is 0. The third kappa shape index (κ3) is 3.05. The van der Waals surface area contributed by atoms with E-state index in [1.165, 1.54) is 4.90 Å². The van der Waals surface area contributed by atoms with Crippen molar-refractivity contribution in [2.75, 3.05) is 13.1 Å². The molecule has 1 unspecified atom stereocenters.